The van der Waals surface area contributed by atoms with E-state index in [1.165, 1.54) is 22.1 Å². The predicted octanol–water partition coefficient (Wildman–Crippen LogP) is -1.95. The number of imidazole rings is 1. The van der Waals surface area contributed by atoms with Gasteiger partial charge in [-0.15, -0.1) is 0 Å². The van der Waals surface area contributed by atoms with Crippen LogP contribution in [0.25, 0.3) is 11.2 Å². The van der Waals surface area contributed by atoms with E-state index in [-0.39, 0.29) is 25.6 Å². The van der Waals surface area contributed by atoms with Crippen LogP contribution in [-0.2, 0) is 20.9 Å². The molecular formula is C13H17N7O4. The van der Waals surface area contributed by atoms with Crippen molar-refractivity contribution in [2.24, 2.45) is 5.73 Å². The maximum atomic E-state index is 12.6. The number of carboxylic acids is 1. The third kappa shape index (κ3) is 2.98. The van der Waals surface area contributed by atoms with E-state index in [1.54, 1.807) is 0 Å². The largest absolute Gasteiger partial charge is 0.480 e. The average molecular weight is 335 g/mol. The van der Waals surface area contributed by atoms with E-state index in [4.69, 9.17) is 21.3 Å². The van der Waals surface area contributed by atoms with Gasteiger partial charge in [0.05, 0.1) is 31.6 Å². The molecule has 3 heterocycles. The van der Waals surface area contributed by atoms with Crippen molar-refractivity contribution < 1.29 is 19.4 Å². The first kappa shape index (κ1) is 16.1. The molecule has 2 aromatic heterocycles. The number of fused-ring (bicyclic) bond motifs is 1. The van der Waals surface area contributed by atoms with Crippen molar-refractivity contribution in [2.75, 3.05) is 25.5 Å². The molecule has 0 radical (unpaired) electrons. The van der Waals surface area contributed by atoms with Crippen molar-refractivity contribution in [1.82, 2.24) is 24.4 Å². The molecule has 24 heavy (non-hydrogen) atoms. The number of anilines is 1. The van der Waals surface area contributed by atoms with Crippen molar-refractivity contribution in [3.05, 3.63) is 12.7 Å². The molecule has 0 saturated carbocycles. The van der Waals surface area contributed by atoms with Gasteiger partial charge >= 0.3 is 5.97 Å². The van der Waals surface area contributed by atoms with Crippen molar-refractivity contribution >= 4 is 28.9 Å². The molecule has 0 unspecified atom stereocenters. The highest BCUT2D eigenvalue weighted by Crippen LogP contribution is 2.16. The van der Waals surface area contributed by atoms with Gasteiger partial charge in [-0.2, -0.15) is 0 Å². The SMILES string of the molecule is Nc1ncnc2c1ncn2CC(=O)N(CC(=O)O)[C@H]1COC[C@@H]1N. The third-order valence-corrected chi connectivity index (χ3v) is 3.85. The first-order valence-electron chi connectivity index (χ1n) is 7.23. The van der Waals surface area contributed by atoms with E-state index >= 15 is 0 Å². The number of rotatable bonds is 5. The lowest BCUT2D eigenvalue weighted by Crippen LogP contribution is -2.52. The fraction of sp³-hybridized carbons (Fsp3) is 0.462. The lowest BCUT2D eigenvalue weighted by Gasteiger charge is -2.29. The molecule has 11 heteroatoms. The smallest absolute Gasteiger partial charge is 0.323 e. The van der Waals surface area contributed by atoms with E-state index in [2.05, 4.69) is 15.0 Å². The van der Waals surface area contributed by atoms with Crippen LogP contribution in [0, 0.1) is 0 Å². The number of hydrogen-bond acceptors (Lipinski definition) is 8. The van der Waals surface area contributed by atoms with Gasteiger partial charge in [0.25, 0.3) is 0 Å². The lowest BCUT2D eigenvalue weighted by molar-refractivity contribution is -0.146. The Labute approximate surface area is 136 Å². The zero-order valence-corrected chi connectivity index (χ0v) is 12.7. The number of nitrogens with two attached hydrogens (primary N) is 2. The topological polar surface area (TPSA) is 162 Å². The van der Waals surface area contributed by atoms with Gasteiger partial charge in [0.2, 0.25) is 5.91 Å². The highest BCUT2D eigenvalue weighted by Gasteiger charge is 2.34. The molecule has 128 valence electrons. The summed E-state index contributed by atoms with van der Waals surface area (Å²) < 4.78 is 6.73. The summed E-state index contributed by atoms with van der Waals surface area (Å²) in [4.78, 5) is 36.9. The second-order valence-electron chi connectivity index (χ2n) is 5.49. The van der Waals surface area contributed by atoms with Gasteiger partial charge in [-0.25, -0.2) is 15.0 Å². The summed E-state index contributed by atoms with van der Waals surface area (Å²) in [6, 6.07) is -0.908. The van der Waals surface area contributed by atoms with E-state index in [9.17, 15) is 9.59 Å². The Bertz CT molecular complexity index is 777. The summed E-state index contributed by atoms with van der Waals surface area (Å²) in [5, 5.41) is 9.08. The van der Waals surface area contributed by atoms with E-state index in [1.807, 2.05) is 0 Å². The van der Waals surface area contributed by atoms with Gasteiger partial charge in [-0.05, 0) is 0 Å². The Morgan fingerprint density at radius 1 is 1.38 bits per heavy atom. The minimum atomic E-state index is -1.12. The van der Waals surface area contributed by atoms with Gasteiger partial charge in [-0.1, -0.05) is 0 Å². The molecule has 1 aliphatic rings. The summed E-state index contributed by atoms with van der Waals surface area (Å²) in [6.07, 6.45) is 2.69. The molecule has 11 nitrogen and oxygen atoms in total. The summed E-state index contributed by atoms with van der Waals surface area (Å²) in [6.45, 7) is -0.0976. The second kappa shape index (κ2) is 6.37. The Balaban J connectivity index is 1.84. The van der Waals surface area contributed by atoms with Gasteiger partial charge < -0.3 is 30.8 Å². The molecule has 1 aliphatic heterocycles. The first-order valence-corrected chi connectivity index (χ1v) is 7.23. The molecule has 1 saturated heterocycles. The highest BCUT2D eigenvalue weighted by atomic mass is 16.5. The maximum Gasteiger partial charge on any atom is 0.323 e. The number of carbonyl (C=O) groups excluding carboxylic acids is 1. The van der Waals surface area contributed by atoms with Crippen LogP contribution in [0.2, 0.25) is 0 Å². The molecule has 1 fully saturated rings. The van der Waals surface area contributed by atoms with E-state index in [0.717, 1.165) is 0 Å². The van der Waals surface area contributed by atoms with Crippen LogP contribution >= 0.6 is 0 Å². The van der Waals surface area contributed by atoms with Crippen LogP contribution in [0.1, 0.15) is 0 Å². The molecule has 2 aromatic rings. The van der Waals surface area contributed by atoms with Gasteiger partial charge in [-0.3, -0.25) is 9.59 Å². The normalized spacial score (nSPS) is 20.4. The highest BCUT2D eigenvalue weighted by molar-refractivity contribution is 5.85. The number of aliphatic carboxylic acids is 1. The average Bonchev–Trinajstić information content (AvgIpc) is 3.12. The zero-order valence-electron chi connectivity index (χ0n) is 12.7. The molecule has 0 spiro atoms. The fourth-order valence-electron chi connectivity index (χ4n) is 2.67. The molecule has 0 aromatic carbocycles. The Hall–Kier alpha value is -2.79. The third-order valence-electron chi connectivity index (χ3n) is 3.85. The molecule has 3 rings (SSSR count). The Morgan fingerprint density at radius 2 is 2.17 bits per heavy atom. The maximum absolute atomic E-state index is 12.6. The summed E-state index contributed by atoms with van der Waals surface area (Å²) in [7, 11) is 0. The Kier molecular flexibility index (Phi) is 4.27. The van der Waals surface area contributed by atoms with Crippen molar-refractivity contribution in [1.29, 1.82) is 0 Å². The summed E-state index contributed by atoms with van der Waals surface area (Å²) in [5.74, 6) is -1.33. The molecule has 2 atom stereocenters. The van der Waals surface area contributed by atoms with Crippen LogP contribution in [-0.4, -0.2) is 73.2 Å². The van der Waals surface area contributed by atoms with Crippen molar-refractivity contribution in [3.63, 3.8) is 0 Å². The number of nitrogen functional groups attached to an aromatic ring is 1. The monoisotopic (exact) mass is 335 g/mol. The molecule has 0 bridgehead atoms. The number of nitrogens with zero attached hydrogens (tertiary/aromatic N) is 5. The number of amides is 1. The van der Waals surface area contributed by atoms with Crippen LogP contribution in [0.3, 0.4) is 0 Å². The van der Waals surface area contributed by atoms with Gasteiger partial charge in [0, 0.05) is 0 Å². The second-order valence-corrected chi connectivity index (χ2v) is 5.49. The number of carbonyl (C=O) groups is 2. The Morgan fingerprint density at radius 3 is 2.83 bits per heavy atom. The van der Waals surface area contributed by atoms with Gasteiger partial charge in [0.15, 0.2) is 11.5 Å². The minimum Gasteiger partial charge on any atom is -0.480 e. The summed E-state index contributed by atoms with van der Waals surface area (Å²) in [5.41, 5.74) is 12.4. The van der Waals surface area contributed by atoms with Crippen molar-refractivity contribution in [2.45, 2.75) is 18.6 Å². The minimum absolute atomic E-state index is 0.135. The zero-order chi connectivity index (χ0) is 17.3. The first-order chi connectivity index (χ1) is 11.5. The van der Waals surface area contributed by atoms with Crippen LogP contribution in [0.5, 0.6) is 0 Å². The van der Waals surface area contributed by atoms with Crippen LogP contribution in [0.4, 0.5) is 5.82 Å². The van der Waals surface area contributed by atoms with Crippen molar-refractivity contribution in [3.8, 4) is 0 Å². The number of hydrogen-bond donors (Lipinski definition) is 3. The summed E-state index contributed by atoms with van der Waals surface area (Å²) >= 11 is 0. The standard InChI is InChI=1S/C13H17N7O4/c14-7-3-24-4-8(7)20(2-10(22)23)9(21)1-19-6-18-11-12(15)16-5-17-13(11)19/h5-8H,1-4,14H2,(H,22,23)(H2,15,16,17)/t7-,8-/m0/s1. The molecular weight excluding hydrogens is 318 g/mol. The number of ether oxygens (including phenoxy) is 1. The van der Waals surface area contributed by atoms with Crippen LogP contribution < -0.4 is 11.5 Å². The van der Waals surface area contributed by atoms with Crippen LogP contribution in [0.15, 0.2) is 12.7 Å². The predicted molar refractivity (Wildman–Crippen MR) is 81.7 cm³/mol. The van der Waals surface area contributed by atoms with E-state index < -0.39 is 30.5 Å². The molecule has 1 amide bonds. The lowest BCUT2D eigenvalue weighted by atomic mass is 10.1. The molecule has 0 aliphatic carbocycles. The molecule has 5 N–H and O–H groups in total. The number of aromatic nitrogens is 4. The number of carboxylic acid groups (broad SMARTS) is 1. The fourth-order valence-corrected chi connectivity index (χ4v) is 2.67. The van der Waals surface area contributed by atoms with E-state index in [0.29, 0.717) is 11.2 Å². The van der Waals surface area contributed by atoms with Gasteiger partial charge in [0.1, 0.15) is 24.9 Å². The quantitative estimate of drug-likeness (QED) is 0.563.